The van der Waals surface area contributed by atoms with Gasteiger partial charge < -0.3 is 4.74 Å². The van der Waals surface area contributed by atoms with Crippen LogP contribution >= 0.6 is 11.3 Å². The summed E-state index contributed by atoms with van der Waals surface area (Å²) in [5.74, 6) is -0.252. The molecule has 0 spiro atoms. The summed E-state index contributed by atoms with van der Waals surface area (Å²) in [4.78, 5) is 13.1. The lowest BCUT2D eigenvalue weighted by Crippen LogP contribution is -1.96. The van der Waals surface area contributed by atoms with E-state index in [0.29, 0.717) is 4.88 Å². The van der Waals surface area contributed by atoms with E-state index in [1.807, 2.05) is 12.1 Å². The van der Waals surface area contributed by atoms with Crippen molar-refractivity contribution in [3.63, 3.8) is 0 Å². The number of thiophene rings is 1. The third kappa shape index (κ3) is 2.93. The molecule has 82 valence electrons. The van der Waals surface area contributed by atoms with E-state index in [1.165, 1.54) is 28.9 Å². The number of allylic oxidation sites excluding steroid dienone is 2. The second kappa shape index (κ2) is 5.71. The monoisotopic (exact) mass is 224 g/mol. The first-order valence-electron chi connectivity index (χ1n) is 5.10. The lowest BCUT2D eigenvalue weighted by Gasteiger charge is -1.99. The van der Waals surface area contributed by atoms with Crippen molar-refractivity contribution in [1.29, 1.82) is 0 Å². The van der Waals surface area contributed by atoms with Gasteiger partial charge in [0.15, 0.2) is 0 Å². The fraction of sp³-hybridized carbons (Fsp3) is 0.417. The van der Waals surface area contributed by atoms with Crippen LogP contribution < -0.4 is 0 Å². The Balaban J connectivity index is 2.92. The highest BCUT2D eigenvalue weighted by Crippen LogP contribution is 2.27. The Labute approximate surface area is 94.6 Å². The molecule has 0 radical (unpaired) electrons. The van der Waals surface area contributed by atoms with E-state index in [-0.39, 0.29) is 5.97 Å². The fourth-order valence-electron chi connectivity index (χ4n) is 1.39. The number of methoxy groups -OCH3 is 1. The number of carbonyl (C=O) groups is 1. The van der Waals surface area contributed by atoms with Crippen molar-refractivity contribution >= 4 is 22.9 Å². The van der Waals surface area contributed by atoms with Gasteiger partial charge in [-0.3, -0.25) is 0 Å². The molecular formula is C12H16O2S. The zero-order chi connectivity index (χ0) is 11.3. The molecule has 1 aromatic heterocycles. The van der Waals surface area contributed by atoms with Gasteiger partial charge in [0.05, 0.1) is 7.11 Å². The van der Waals surface area contributed by atoms with E-state index in [1.54, 1.807) is 0 Å². The van der Waals surface area contributed by atoms with Crippen LogP contribution in [0.25, 0.3) is 5.57 Å². The second-order valence-corrected chi connectivity index (χ2v) is 4.23. The Hall–Kier alpha value is -1.09. The van der Waals surface area contributed by atoms with Gasteiger partial charge in [0.2, 0.25) is 0 Å². The Kier molecular flexibility index (Phi) is 4.56. The Morgan fingerprint density at radius 3 is 2.60 bits per heavy atom. The van der Waals surface area contributed by atoms with Crippen LogP contribution in [-0.2, 0) is 4.74 Å². The summed E-state index contributed by atoms with van der Waals surface area (Å²) < 4.78 is 4.67. The maximum atomic E-state index is 11.3. The number of hydrogen-bond donors (Lipinski definition) is 0. The molecule has 0 aliphatic carbocycles. The van der Waals surface area contributed by atoms with Crippen molar-refractivity contribution in [3.05, 3.63) is 28.0 Å². The molecule has 0 aromatic carbocycles. The first-order chi connectivity index (χ1) is 7.22. The minimum atomic E-state index is -0.252. The van der Waals surface area contributed by atoms with Gasteiger partial charge in [0.25, 0.3) is 0 Å². The molecule has 15 heavy (non-hydrogen) atoms. The quantitative estimate of drug-likeness (QED) is 0.728. The average Bonchev–Trinajstić information content (AvgIpc) is 2.73. The maximum absolute atomic E-state index is 11.3. The zero-order valence-electron chi connectivity index (χ0n) is 9.37. The van der Waals surface area contributed by atoms with Gasteiger partial charge in [-0.1, -0.05) is 19.9 Å². The molecule has 0 amide bonds. The highest BCUT2D eigenvalue weighted by Gasteiger charge is 2.10. The van der Waals surface area contributed by atoms with Crippen molar-refractivity contribution in [3.8, 4) is 0 Å². The van der Waals surface area contributed by atoms with Crippen molar-refractivity contribution in [2.75, 3.05) is 7.11 Å². The van der Waals surface area contributed by atoms with Crippen molar-refractivity contribution < 1.29 is 9.53 Å². The smallest absolute Gasteiger partial charge is 0.348 e. The second-order valence-electron chi connectivity index (χ2n) is 3.15. The summed E-state index contributed by atoms with van der Waals surface area (Å²) in [6.07, 6.45) is 4.22. The SMILES string of the molecule is CC/C=C(\CC)c1ccc(C(=O)OC)s1. The summed E-state index contributed by atoms with van der Waals surface area (Å²) >= 11 is 1.50. The Morgan fingerprint density at radius 2 is 2.07 bits per heavy atom. The lowest BCUT2D eigenvalue weighted by molar-refractivity contribution is 0.0606. The molecule has 0 unspecified atom stereocenters. The zero-order valence-corrected chi connectivity index (χ0v) is 10.2. The molecular weight excluding hydrogens is 208 g/mol. The molecule has 0 saturated heterocycles. The minimum absolute atomic E-state index is 0.252. The molecule has 0 aliphatic rings. The summed E-state index contributed by atoms with van der Waals surface area (Å²) in [7, 11) is 1.41. The molecule has 0 atom stereocenters. The highest BCUT2D eigenvalue weighted by atomic mass is 32.1. The van der Waals surface area contributed by atoms with Crippen LogP contribution in [0.3, 0.4) is 0 Å². The van der Waals surface area contributed by atoms with E-state index in [0.717, 1.165) is 12.8 Å². The first kappa shape index (κ1) is 12.0. The van der Waals surface area contributed by atoms with Crippen LogP contribution in [0.15, 0.2) is 18.2 Å². The van der Waals surface area contributed by atoms with Crippen LogP contribution in [0, 0.1) is 0 Å². The van der Waals surface area contributed by atoms with E-state index in [2.05, 4.69) is 24.7 Å². The number of rotatable bonds is 4. The summed E-state index contributed by atoms with van der Waals surface area (Å²) in [5, 5.41) is 0. The third-order valence-electron chi connectivity index (χ3n) is 2.14. The molecule has 1 heterocycles. The molecule has 0 fully saturated rings. The maximum Gasteiger partial charge on any atom is 0.348 e. The van der Waals surface area contributed by atoms with Gasteiger partial charge >= 0.3 is 5.97 Å². The fourth-order valence-corrected chi connectivity index (χ4v) is 2.42. The minimum Gasteiger partial charge on any atom is -0.465 e. The Bertz CT molecular complexity index is 363. The van der Waals surface area contributed by atoms with Gasteiger partial charge in [-0.25, -0.2) is 4.79 Å². The molecule has 0 N–H and O–H groups in total. The predicted molar refractivity (Wildman–Crippen MR) is 64.2 cm³/mol. The summed E-state index contributed by atoms with van der Waals surface area (Å²) in [5.41, 5.74) is 1.30. The van der Waals surface area contributed by atoms with Crippen molar-refractivity contribution in [2.24, 2.45) is 0 Å². The highest BCUT2D eigenvalue weighted by molar-refractivity contribution is 7.15. The molecule has 3 heteroatoms. The largest absolute Gasteiger partial charge is 0.465 e. The lowest BCUT2D eigenvalue weighted by atomic mass is 10.1. The van der Waals surface area contributed by atoms with Gasteiger partial charge in [0.1, 0.15) is 4.88 Å². The molecule has 0 aliphatic heterocycles. The average molecular weight is 224 g/mol. The predicted octanol–water partition coefficient (Wildman–Crippen LogP) is 3.74. The molecule has 2 nitrogen and oxygen atoms in total. The van der Waals surface area contributed by atoms with Crippen LogP contribution in [0.5, 0.6) is 0 Å². The van der Waals surface area contributed by atoms with Gasteiger partial charge in [-0.2, -0.15) is 0 Å². The van der Waals surface area contributed by atoms with E-state index in [4.69, 9.17) is 0 Å². The topological polar surface area (TPSA) is 26.3 Å². The summed E-state index contributed by atoms with van der Waals surface area (Å²) in [6.45, 7) is 4.24. The van der Waals surface area contributed by atoms with Gasteiger partial charge in [-0.05, 0) is 30.5 Å². The first-order valence-corrected chi connectivity index (χ1v) is 5.92. The van der Waals surface area contributed by atoms with Gasteiger partial charge in [-0.15, -0.1) is 11.3 Å². The molecule has 0 bridgehead atoms. The number of ether oxygens (including phenoxy) is 1. The normalized spacial score (nSPS) is 11.5. The number of esters is 1. The third-order valence-corrected chi connectivity index (χ3v) is 3.28. The standard InChI is InChI=1S/C12H16O2S/c1-4-6-9(5-2)10-7-8-11(15-10)12(13)14-3/h6-8H,4-5H2,1-3H3/b9-6+. The van der Waals surface area contributed by atoms with Crippen LogP contribution in [-0.4, -0.2) is 13.1 Å². The van der Waals surface area contributed by atoms with Crippen LogP contribution in [0.1, 0.15) is 41.2 Å². The van der Waals surface area contributed by atoms with Crippen molar-refractivity contribution in [1.82, 2.24) is 0 Å². The number of carbonyl (C=O) groups excluding carboxylic acids is 1. The van der Waals surface area contributed by atoms with Gasteiger partial charge in [0, 0.05) is 4.88 Å². The molecule has 0 saturated carbocycles. The summed E-state index contributed by atoms with van der Waals surface area (Å²) in [6, 6.07) is 3.81. The van der Waals surface area contributed by atoms with Crippen LogP contribution in [0.4, 0.5) is 0 Å². The molecule has 1 aromatic rings. The Morgan fingerprint density at radius 1 is 1.40 bits per heavy atom. The van der Waals surface area contributed by atoms with E-state index >= 15 is 0 Å². The van der Waals surface area contributed by atoms with Crippen LogP contribution in [0.2, 0.25) is 0 Å². The van der Waals surface area contributed by atoms with E-state index in [9.17, 15) is 4.79 Å². The van der Waals surface area contributed by atoms with Crippen molar-refractivity contribution in [2.45, 2.75) is 26.7 Å². The molecule has 1 rings (SSSR count). The number of hydrogen-bond acceptors (Lipinski definition) is 3. The van der Waals surface area contributed by atoms with E-state index < -0.39 is 0 Å².